The van der Waals surface area contributed by atoms with E-state index >= 15 is 0 Å². The Labute approximate surface area is 154 Å². The third kappa shape index (κ3) is 7.59. The summed E-state index contributed by atoms with van der Waals surface area (Å²) in [6.07, 6.45) is 9.24. The summed E-state index contributed by atoms with van der Waals surface area (Å²) < 4.78 is 0. The SMILES string of the molecule is CC1CCN(CCNC(=O)CC2(CN)CCCCC2)CC1.Cl.Cl. The van der Waals surface area contributed by atoms with Crippen molar-refractivity contribution >= 4 is 30.7 Å². The van der Waals surface area contributed by atoms with Crippen molar-refractivity contribution in [3.8, 4) is 0 Å². The number of piperidine rings is 1. The molecular weight excluding hydrogens is 333 g/mol. The standard InChI is InChI=1S/C17H33N3O.2ClH/c1-15-5-10-20(11-6-15)12-9-19-16(21)13-17(14-18)7-3-2-4-8-17;;/h15H,2-14,18H2,1H3,(H,19,21);2*1H. The molecule has 0 atom stereocenters. The third-order valence-corrected chi connectivity index (χ3v) is 5.51. The molecule has 1 aliphatic heterocycles. The van der Waals surface area contributed by atoms with E-state index in [4.69, 9.17) is 5.73 Å². The normalized spacial score (nSPS) is 21.8. The maximum Gasteiger partial charge on any atom is 0.220 e. The number of hydrogen-bond acceptors (Lipinski definition) is 3. The molecular formula is C17H35Cl2N3O. The summed E-state index contributed by atoms with van der Waals surface area (Å²) in [4.78, 5) is 14.7. The largest absolute Gasteiger partial charge is 0.355 e. The van der Waals surface area contributed by atoms with Crippen LogP contribution >= 0.6 is 24.8 Å². The zero-order valence-electron chi connectivity index (χ0n) is 14.5. The van der Waals surface area contributed by atoms with E-state index in [-0.39, 0.29) is 36.1 Å². The van der Waals surface area contributed by atoms with Gasteiger partial charge in [0.05, 0.1) is 0 Å². The lowest BCUT2D eigenvalue weighted by Crippen LogP contribution is -2.42. The second-order valence-electron chi connectivity index (χ2n) is 7.32. The number of nitrogens with two attached hydrogens (primary N) is 1. The van der Waals surface area contributed by atoms with Gasteiger partial charge in [0.25, 0.3) is 0 Å². The van der Waals surface area contributed by atoms with Gasteiger partial charge in [0.15, 0.2) is 0 Å². The Bertz CT molecular complexity index is 328. The molecule has 2 aliphatic rings. The zero-order chi connectivity index (χ0) is 15.1. The first-order valence-electron chi connectivity index (χ1n) is 8.83. The molecule has 2 rings (SSSR count). The van der Waals surface area contributed by atoms with E-state index in [1.165, 1.54) is 45.2 Å². The number of hydrogen-bond donors (Lipinski definition) is 2. The summed E-state index contributed by atoms with van der Waals surface area (Å²) in [7, 11) is 0. The van der Waals surface area contributed by atoms with Gasteiger partial charge in [0.2, 0.25) is 5.91 Å². The van der Waals surface area contributed by atoms with Crippen molar-refractivity contribution in [1.29, 1.82) is 0 Å². The molecule has 1 aliphatic carbocycles. The topological polar surface area (TPSA) is 58.4 Å². The minimum atomic E-state index is 0. The Morgan fingerprint density at radius 1 is 1.17 bits per heavy atom. The molecule has 1 saturated heterocycles. The van der Waals surface area contributed by atoms with Gasteiger partial charge >= 0.3 is 0 Å². The fourth-order valence-corrected chi connectivity index (χ4v) is 3.80. The average molecular weight is 368 g/mol. The quantitative estimate of drug-likeness (QED) is 0.758. The highest BCUT2D eigenvalue weighted by Gasteiger charge is 2.32. The molecule has 23 heavy (non-hydrogen) atoms. The molecule has 0 bridgehead atoms. The smallest absolute Gasteiger partial charge is 0.220 e. The van der Waals surface area contributed by atoms with E-state index < -0.39 is 0 Å². The van der Waals surface area contributed by atoms with Gasteiger partial charge < -0.3 is 16.0 Å². The summed E-state index contributed by atoms with van der Waals surface area (Å²) >= 11 is 0. The molecule has 0 spiro atoms. The van der Waals surface area contributed by atoms with Crippen LogP contribution in [0.5, 0.6) is 0 Å². The molecule has 0 aromatic rings. The summed E-state index contributed by atoms with van der Waals surface area (Å²) in [5.41, 5.74) is 6.04. The van der Waals surface area contributed by atoms with Crippen molar-refractivity contribution in [3.05, 3.63) is 0 Å². The van der Waals surface area contributed by atoms with Crippen LogP contribution in [0.1, 0.15) is 58.3 Å². The first kappa shape index (κ1) is 23.0. The van der Waals surface area contributed by atoms with E-state index in [1.807, 2.05) is 0 Å². The first-order valence-corrected chi connectivity index (χ1v) is 8.83. The van der Waals surface area contributed by atoms with Crippen molar-refractivity contribution in [3.63, 3.8) is 0 Å². The Morgan fingerprint density at radius 2 is 1.78 bits per heavy atom. The lowest BCUT2D eigenvalue weighted by Gasteiger charge is -2.35. The van der Waals surface area contributed by atoms with Crippen LogP contribution in [-0.2, 0) is 4.79 Å². The lowest BCUT2D eigenvalue weighted by molar-refractivity contribution is -0.123. The van der Waals surface area contributed by atoms with Crippen LogP contribution in [-0.4, -0.2) is 43.5 Å². The molecule has 0 radical (unpaired) electrons. The highest BCUT2D eigenvalue weighted by atomic mass is 35.5. The minimum Gasteiger partial charge on any atom is -0.355 e. The van der Waals surface area contributed by atoms with Gasteiger partial charge in [-0.05, 0) is 56.7 Å². The molecule has 1 amide bonds. The van der Waals surface area contributed by atoms with Crippen molar-refractivity contribution in [2.24, 2.45) is 17.1 Å². The Balaban J connectivity index is 0.00000242. The third-order valence-electron chi connectivity index (χ3n) is 5.51. The number of halogens is 2. The van der Waals surface area contributed by atoms with Crippen LogP contribution in [0.4, 0.5) is 0 Å². The van der Waals surface area contributed by atoms with Gasteiger partial charge in [-0.2, -0.15) is 0 Å². The zero-order valence-corrected chi connectivity index (χ0v) is 16.2. The number of likely N-dealkylation sites (tertiary alicyclic amines) is 1. The van der Waals surface area contributed by atoms with Crippen LogP contribution in [0.3, 0.4) is 0 Å². The summed E-state index contributed by atoms with van der Waals surface area (Å²) in [5.74, 6) is 1.07. The minimum absolute atomic E-state index is 0. The average Bonchev–Trinajstić information content (AvgIpc) is 2.50. The highest BCUT2D eigenvalue weighted by molar-refractivity contribution is 5.85. The van der Waals surface area contributed by atoms with Gasteiger partial charge in [-0.3, -0.25) is 4.79 Å². The number of nitrogens with one attached hydrogen (secondary N) is 1. The van der Waals surface area contributed by atoms with Gasteiger partial charge in [-0.25, -0.2) is 0 Å². The van der Waals surface area contributed by atoms with E-state index in [2.05, 4.69) is 17.1 Å². The van der Waals surface area contributed by atoms with Crippen molar-refractivity contribution in [2.75, 3.05) is 32.7 Å². The summed E-state index contributed by atoms with van der Waals surface area (Å²) in [6.45, 7) is 7.13. The van der Waals surface area contributed by atoms with E-state index in [9.17, 15) is 4.79 Å². The molecule has 6 heteroatoms. The van der Waals surface area contributed by atoms with Crippen LogP contribution in [0.25, 0.3) is 0 Å². The van der Waals surface area contributed by atoms with Gasteiger partial charge in [-0.1, -0.05) is 26.2 Å². The number of amides is 1. The molecule has 0 aromatic heterocycles. The number of rotatable bonds is 6. The molecule has 4 nitrogen and oxygen atoms in total. The summed E-state index contributed by atoms with van der Waals surface area (Å²) in [5, 5.41) is 3.11. The number of carbonyl (C=O) groups is 1. The van der Waals surface area contributed by atoms with Crippen molar-refractivity contribution in [1.82, 2.24) is 10.2 Å². The van der Waals surface area contributed by atoms with E-state index in [0.717, 1.165) is 31.8 Å². The van der Waals surface area contributed by atoms with E-state index in [0.29, 0.717) is 13.0 Å². The highest BCUT2D eigenvalue weighted by Crippen LogP contribution is 2.38. The maximum atomic E-state index is 12.2. The molecule has 138 valence electrons. The molecule has 1 heterocycles. The van der Waals surface area contributed by atoms with Gasteiger partial charge in [0.1, 0.15) is 0 Å². The second kappa shape index (κ2) is 11.5. The number of carbonyl (C=O) groups excluding carboxylic acids is 1. The predicted octanol–water partition coefficient (Wildman–Crippen LogP) is 2.98. The second-order valence-corrected chi connectivity index (χ2v) is 7.32. The fourth-order valence-electron chi connectivity index (χ4n) is 3.80. The predicted molar refractivity (Wildman–Crippen MR) is 102 cm³/mol. The molecule has 2 fully saturated rings. The molecule has 1 saturated carbocycles. The van der Waals surface area contributed by atoms with Crippen LogP contribution < -0.4 is 11.1 Å². The monoisotopic (exact) mass is 367 g/mol. The molecule has 0 unspecified atom stereocenters. The van der Waals surface area contributed by atoms with Gasteiger partial charge in [0, 0.05) is 19.5 Å². The Kier molecular flexibility index (Phi) is 11.5. The van der Waals surface area contributed by atoms with Crippen LogP contribution in [0.2, 0.25) is 0 Å². The van der Waals surface area contributed by atoms with Gasteiger partial charge in [-0.15, -0.1) is 24.8 Å². The number of nitrogens with zero attached hydrogens (tertiary/aromatic N) is 1. The van der Waals surface area contributed by atoms with E-state index in [1.54, 1.807) is 0 Å². The summed E-state index contributed by atoms with van der Waals surface area (Å²) in [6, 6.07) is 0. The maximum absolute atomic E-state index is 12.2. The Morgan fingerprint density at radius 3 is 2.35 bits per heavy atom. The molecule has 0 aromatic carbocycles. The first-order chi connectivity index (χ1) is 10.1. The lowest BCUT2D eigenvalue weighted by atomic mass is 9.71. The van der Waals surface area contributed by atoms with Crippen molar-refractivity contribution < 1.29 is 4.79 Å². The van der Waals surface area contributed by atoms with Crippen molar-refractivity contribution in [2.45, 2.75) is 58.3 Å². The fraction of sp³-hybridized carbons (Fsp3) is 0.941. The van der Waals surface area contributed by atoms with Crippen LogP contribution in [0, 0.1) is 11.3 Å². The molecule has 3 N–H and O–H groups in total. The Hall–Kier alpha value is -0.0300. The van der Waals surface area contributed by atoms with Crippen LogP contribution in [0.15, 0.2) is 0 Å².